The number of nitrogens with one attached hydrogen (secondary N) is 1. The molecule has 0 aliphatic carbocycles. The number of hydrogen-bond donors (Lipinski definition) is 2. The van der Waals surface area contributed by atoms with Crippen LogP contribution in [0.2, 0.25) is 0 Å². The number of hydrogen-bond acceptors (Lipinski definition) is 3. The Bertz CT molecular complexity index is 129. The molecule has 3 nitrogen and oxygen atoms in total. The monoisotopic (exact) mass is 186 g/mol. The molecule has 1 rings (SSSR count). The van der Waals surface area contributed by atoms with Crippen LogP contribution >= 0.6 is 0 Å². The summed E-state index contributed by atoms with van der Waals surface area (Å²) in [5.74, 6) is 0. The molecule has 0 aromatic carbocycles. The minimum Gasteiger partial charge on any atom is -0.395 e. The fourth-order valence-electron chi connectivity index (χ4n) is 1.81. The molecule has 1 atom stereocenters. The van der Waals surface area contributed by atoms with Crippen molar-refractivity contribution in [2.45, 2.75) is 38.3 Å². The molecule has 1 fully saturated rings. The number of likely N-dealkylation sites (tertiary alicyclic amines) is 1. The van der Waals surface area contributed by atoms with E-state index in [1.165, 1.54) is 25.9 Å². The third kappa shape index (κ3) is 3.63. The van der Waals surface area contributed by atoms with Crippen LogP contribution in [0.4, 0.5) is 0 Å². The minimum absolute atomic E-state index is 0.267. The molecule has 0 aromatic rings. The van der Waals surface area contributed by atoms with E-state index >= 15 is 0 Å². The van der Waals surface area contributed by atoms with E-state index in [1.54, 1.807) is 0 Å². The van der Waals surface area contributed by atoms with Gasteiger partial charge in [-0.3, -0.25) is 0 Å². The Labute approximate surface area is 81.1 Å². The molecular weight excluding hydrogens is 164 g/mol. The Morgan fingerprint density at radius 2 is 2.08 bits per heavy atom. The summed E-state index contributed by atoms with van der Waals surface area (Å²) in [6.45, 7) is 4.74. The van der Waals surface area contributed by atoms with E-state index in [2.05, 4.69) is 24.2 Å². The highest BCUT2D eigenvalue weighted by atomic mass is 16.3. The van der Waals surface area contributed by atoms with Gasteiger partial charge >= 0.3 is 0 Å². The second-order valence-electron chi connectivity index (χ2n) is 4.03. The summed E-state index contributed by atoms with van der Waals surface area (Å²) in [5.41, 5.74) is 0. The van der Waals surface area contributed by atoms with Gasteiger partial charge in [0.2, 0.25) is 0 Å². The lowest BCUT2D eigenvalue weighted by Gasteiger charge is -2.31. The van der Waals surface area contributed by atoms with Gasteiger partial charge in [-0.15, -0.1) is 0 Å². The molecule has 78 valence electrons. The first-order chi connectivity index (χ1) is 6.26. The van der Waals surface area contributed by atoms with Gasteiger partial charge in [-0.1, -0.05) is 6.92 Å². The van der Waals surface area contributed by atoms with E-state index in [0.717, 1.165) is 6.42 Å². The molecule has 0 aromatic heterocycles. The van der Waals surface area contributed by atoms with Crippen molar-refractivity contribution in [3.05, 3.63) is 0 Å². The van der Waals surface area contributed by atoms with Gasteiger partial charge in [0.15, 0.2) is 0 Å². The predicted octanol–water partition coefficient (Wildman–Crippen LogP) is 0.441. The van der Waals surface area contributed by atoms with E-state index in [9.17, 15) is 0 Å². The van der Waals surface area contributed by atoms with Crippen LogP contribution < -0.4 is 5.32 Å². The Morgan fingerprint density at radius 1 is 1.46 bits per heavy atom. The summed E-state index contributed by atoms with van der Waals surface area (Å²) in [7, 11) is 2.17. The topological polar surface area (TPSA) is 35.5 Å². The van der Waals surface area contributed by atoms with Crippen LogP contribution in [0.15, 0.2) is 0 Å². The number of nitrogens with zero attached hydrogens (tertiary/aromatic N) is 1. The first kappa shape index (κ1) is 11.0. The van der Waals surface area contributed by atoms with E-state index < -0.39 is 0 Å². The van der Waals surface area contributed by atoms with Crippen LogP contribution in [0.1, 0.15) is 26.2 Å². The molecule has 13 heavy (non-hydrogen) atoms. The van der Waals surface area contributed by atoms with Gasteiger partial charge in [0.25, 0.3) is 0 Å². The molecule has 3 heteroatoms. The SMILES string of the molecule is CCC(CO)NC1CCN(C)CC1. The smallest absolute Gasteiger partial charge is 0.0584 e. The van der Waals surface area contributed by atoms with Crippen molar-refractivity contribution in [3.63, 3.8) is 0 Å². The molecule has 1 saturated heterocycles. The third-order valence-electron chi connectivity index (χ3n) is 2.90. The van der Waals surface area contributed by atoms with Crippen LogP contribution in [-0.2, 0) is 0 Å². The maximum Gasteiger partial charge on any atom is 0.0584 e. The molecular formula is C10H22N2O. The summed E-state index contributed by atoms with van der Waals surface area (Å²) in [6.07, 6.45) is 3.45. The lowest BCUT2D eigenvalue weighted by molar-refractivity contribution is 0.188. The van der Waals surface area contributed by atoms with Gasteiger partial charge in [-0.2, -0.15) is 0 Å². The lowest BCUT2D eigenvalue weighted by atomic mass is 10.0. The standard InChI is InChI=1S/C10H22N2O/c1-3-9(8-13)11-10-4-6-12(2)7-5-10/h9-11,13H,3-8H2,1-2H3. The summed E-state index contributed by atoms with van der Waals surface area (Å²) >= 11 is 0. The number of aliphatic hydroxyl groups is 1. The lowest BCUT2D eigenvalue weighted by Crippen LogP contribution is -2.46. The fraction of sp³-hybridized carbons (Fsp3) is 1.00. The molecule has 1 heterocycles. The van der Waals surface area contributed by atoms with Crippen LogP contribution in [0.25, 0.3) is 0 Å². The molecule has 0 bridgehead atoms. The van der Waals surface area contributed by atoms with E-state index in [0.29, 0.717) is 12.1 Å². The number of rotatable bonds is 4. The van der Waals surface area contributed by atoms with Gasteiger partial charge < -0.3 is 15.3 Å². The van der Waals surface area contributed by atoms with E-state index in [4.69, 9.17) is 5.11 Å². The second-order valence-corrected chi connectivity index (χ2v) is 4.03. The zero-order valence-corrected chi connectivity index (χ0v) is 8.79. The Balaban J connectivity index is 2.21. The maximum absolute atomic E-state index is 9.04. The molecule has 1 aliphatic rings. The molecule has 0 radical (unpaired) electrons. The van der Waals surface area contributed by atoms with Crippen molar-refractivity contribution >= 4 is 0 Å². The van der Waals surface area contributed by atoms with Crippen molar-refractivity contribution in [2.24, 2.45) is 0 Å². The van der Waals surface area contributed by atoms with Crippen LogP contribution in [0.5, 0.6) is 0 Å². The molecule has 2 N–H and O–H groups in total. The second kappa shape index (κ2) is 5.58. The maximum atomic E-state index is 9.04. The van der Waals surface area contributed by atoms with Gasteiger partial charge in [-0.05, 0) is 39.4 Å². The highest BCUT2D eigenvalue weighted by molar-refractivity contribution is 4.78. The van der Waals surface area contributed by atoms with Crippen molar-refractivity contribution in [2.75, 3.05) is 26.7 Å². The Hall–Kier alpha value is -0.120. The fourth-order valence-corrected chi connectivity index (χ4v) is 1.81. The van der Waals surface area contributed by atoms with Gasteiger partial charge in [0.1, 0.15) is 0 Å². The summed E-state index contributed by atoms with van der Waals surface area (Å²) in [6, 6.07) is 0.918. The minimum atomic E-state index is 0.267. The van der Waals surface area contributed by atoms with Crippen molar-refractivity contribution in [1.82, 2.24) is 10.2 Å². The first-order valence-electron chi connectivity index (χ1n) is 5.31. The highest BCUT2D eigenvalue weighted by Gasteiger charge is 2.18. The predicted molar refractivity (Wildman–Crippen MR) is 54.8 cm³/mol. The highest BCUT2D eigenvalue weighted by Crippen LogP contribution is 2.09. The summed E-state index contributed by atoms with van der Waals surface area (Å²) in [4.78, 5) is 2.36. The zero-order valence-electron chi connectivity index (χ0n) is 8.79. The molecule has 1 unspecified atom stereocenters. The first-order valence-corrected chi connectivity index (χ1v) is 5.31. The largest absolute Gasteiger partial charge is 0.395 e. The third-order valence-corrected chi connectivity index (χ3v) is 2.90. The normalized spacial score (nSPS) is 23.3. The average molecular weight is 186 g/mol. The quantitative estimate of drug-likeness (QED) is 0.669. The molecule has 0 amide bonds. The van der Waals surface area contributed by atoms with Gasteiger partial charge in [-0.25, -0.2) is 0 Å². The van der Waals surface area contributed by atoms with E-state index in [-0.39, 0.29) is 6.61 Å². The zero-order chi connectivity index (χ0) is 9.68. The molecule has 1 aliphatic heterocycles. The Kier molecular flexibility index (Phi) is 4.70. The number of piperidine rings is 1. The molecule has 0 spiro atoms. The average Bonchev–Trinajstić information content (AvgIpc) is 2.17. The Morgan fingerprint density at radius 3 is 2.54 bits per heavy atom. The van der Waals surface area contributed by atoms with Crippen LogP contribution in [0, 0.1) is 0 Å². The molecule has 0 saturated carbocycles. The van der Waals surface area contributed by atoms with Crippen LogP contribution in [0.3, 0.4) is 0 Å². The summed E-state index contributed by atoms with van der Waals surface area (Å²) < 4.78 is 0. The van der Waals surface area contributed by atoms with Crippen molar-refractivity contribution in [1.29, 1.82) is 0 Å². The van der Waals surface area contributed by atoms with Crippen molar-refractivity contribution < 1.29 is 5.11 Å². The van der Waals surface area contributed by atoms with Crippen LogP contribution in [-0.4, -0.2) is 48.8 Å². The van der Waals surface area contributed by atoms with Gasteiger partial charge in [0.05, 0.1) is 6.61 Å². The van der Waals surface area contributed by atoms with Crippen molar-refractivity contribution in [3.8, 4) is 0 Å². The van der Waals surface area contributed by atoms with Gasteiger partial charge in [0, 0.05) is 12.1 Å². The van der Waals surface area contributed by atoms with E-state index in [1.807, 2.05) is 0 Å². The number of aliphatic hydroxyl groups excluding tert-OH is 1. The summed E-state index contributed by atoms with van der Waals surface area (Å²) in [5, 5.41) is 12.5.